The number of unbranched alkanes of at least 4 members (excludes halogenated alkanes) is 1. The highest BCUT2D eigenvalue weighted by molar-refractivity contribution is 5.39. The zero-order chi connectivity index (χ0) is 13.4. The second-order valence-electron chi connectivity index (χ2n) is 4.25. The summed E-state index contributed by atoms with van der Waals surface area (Å²) in [5.74, 6) is 1.60. The minimum Gasteiger partial charge on any atom is -0.497 e. The van der Waals surface area contributed by atoms with Gasteiger partial charge in [-0.3, -0.25) is 0 Å². The second-order valence-corrected chi connectivity index (χ2v) is 4.25. The van der Waals surface area contributed by atoms with Crippen LogP contribution in [0.25, 0.3) is 0 Å². The maximum atomic E-state index is 8.72. The lowest BCUT2D eigenvalue weighted by Crippen LogP contribution is -2.20. The number of aliphatic hydroxyl groups is 1. The predicted molar refractivity (Wildman–Crippen MR) is 72.3 cm³/mol. The van der Waals surface area contributed by atoms with E-state index in [4.69, 9.17) is 14.6 Å². The maximum Gasteiger partial charge on any atom is 0.122 e. The summed E-state index contributed by atoms with van der Waals surface area (Å²) in [6, 6.07) is 6.10. The molecular formula is C14H23NO3. The maximum absolute atomic E-state index is 8.72. The average molecular weight is 253 g/mol. The molecule has 0 spiro atoms. The normalized spacial score (nSPS) is 12.2. The van der Waals surface area contributed by atoms with Gasteiger partial charge in [-0.1, -0.05) is 0 Å². The average Bonchev–Trinajstić information content (AvgIpc) is 2.42. The Bertz CT molecular complexity index is 333. The summed E-state index contributed by atoms with van der Waals surface area (Å²) in [6.45, 7) is 3.25. The number of methoxy groups -OCH3 is 2. The molecule has 0 aliphatic carbocycles. The van der Waals surface area contributed by atoms with E-state index in [2.05, 4.69) is 12.2 Å². The first kappa shape index (κ1) is 14.8. The van der Waals surface area contributed by atoms with E-state index >= 15 is 0 Å². The topological polar surface area (TPSA) is 50.7 Å². The molecule has 0 aliphatic heterocycles. The molecule has 1 rings (SSSR count). The van der Waals surface area contributed by atoms with E-state index in [-0.39, 0.29) is 12.6 Å². The van der Waals surface area contributed by atoms with E-state index in [1.807, 2.05) is 18.2 Å². The highest BCUT2D eigenvalue weighted by atomic mass is 16.5. The zero-order valence-electron chi connectivity index (χ0n) is 11.4. The van der Waals surface area contributed by atoms with Crippen LogP contribution in [-0.2, 0) is 0 Å². The fourth-order valence-corrected chi connectivity index (χ4v) is 1.75. The van der Waals surface area contributed by atoms with Gasteiger partial charge in [-0.05, 0) is 44.0 Å². The molecule has 0 bridgehead atoms. The van der Waals surface area contributed by atoms with Gasteiger partial charge in [0.1, 0.15) is 11.5 Å². The molecule has 1 aromatic carbocycles. The van der Waals surface area contributed by atoms with E-state index in [0.717, 1.165) is 36.4 Å². The molecule has 0 heterocycles. The highest BCUT2D eigenvalue weighted by Gasteiger charge is 2.08. The van der Waals surface area contributed by atoms with Crippen LogP contribution < -0.4 is 14.8 Å². The molecule has 4 heteroatoms. The van der Waals surface area contributed by atoms with E-state index in [0.29, 0.717) is 0 Å². The van der Waals surface area contributed by atoms with E-state index in [1.54, 1.807) is 14.2 Å². The molecule has 0 radical (unpaired) electrons. The van der Waals surface area contributed by atoms with Gasteiger partial charge >= 0.3 is 0 Å². The summed E-state index contributed by atoms with van der Waals surface area (Å²) in [4.78, 5) is 0. The fraction of sp³-hybridized carbons (Fsp3) is 0.571. The summed E-state index contributed by atoms with van der Waals surface area (Å²) in [5, 5.41) is 12.1. The van der Waals surface area contributed by atoms with Crippen molar-refractivity contribution in [3.05, 3.63) is 23.8 Å². The number of nitrogens with one attached hydrogen (secondary N) is 1. The first-order valence-corrected chi connectivity index (χ1v) is 6.28. The zero-order valence-corrected chi connectivity index (χ0v) is 11.4. The Labute approximate surface area is 109 Å². The lowest BCUT2D eigenvalue weighted by molar-refractivity contribution is 0.283. The molecule has 0 amide bonds. The molecule has 0 aromatic heterocycles. The number of hydrogen-bond donors (Lipinski definition) is 2. The van der Waals surface area contributed by atoms with Crippen LogP contribution in [0.4, 0.5) is 0 Å². The molecule has 0 saturated carbocycles. The van der Waals surface area contributed by atoms with Crippen LogP contribution in [0, 0.1) is 0 Å². The lowest BCUT2D eigenvalue weighted by Gasteiger charge is -2.16. The molecule has 4 nitrogen and oxygen atoms in total. The molecule has 2 N–H and O–H groups in total. The monoisotopic (exact) mass is 253 g/mol. The molecular weight excluding hydrogens is 230 g/mol. The van der Waals surface area contributed by atoms with Crippen LogP contribution in [0.3, 0.4) is 0 Å². The van der Waals surface area contributed by atoms with Crippen molar-refractivity contribution in [2.75, 3.05) is 27.4 Å². The van der Waals surface area contributed by atoms with Crippen LogP contribution in [-0.4, -0.2) is 32.5 Å². The van der Waals surface area contributed by atoms with Gasteiger partial charge in [0.2, 0.25) is 0 Å². The van der Waals surface area contributed by atoms with Crippen molar-refractivity contribution in [1.82, 2.24) is 5.32 Å². The molecule has 0 aliphatic rings. The molecule has 1 unspecified atom stereocenters. The molecule has 0 fully saturated rings. The Hall–Kier alpha value is -1.26. The minimum atomic E-state index is 0.229. The van der Waals surface area contributed by atoms with Crippen molar-refractivity contribution < 1.29 is 14.6 Å². The molecule has 0 saturated heterocycles. The second kappa shape index (κ2) is 7.95. The largest absolute Gasteiger partial charge is 0.497 e. The van der Waals surface area contributed by atoms with Gasteiger partial charge in [-0.2, -0.15) is 0 Å². The Morgan fingerprint density at radius 1 is 1.11 bits per heavy atom. The van der Waals surface area contributed by atoms with Crippen LogP contribution in [0.5, 0.6) is 11.5 Å². The Balaban J connectivity index is 2.63. The first-order chi connectivity index (χ1) is 8.71. The summed E-state index contributed by atoms with van der Waals surface area (Å²) < 4.78 is 10.5. The number of benzene rings is 1. The number of ether oxygens (including phenoxy) is 2. The predicted octanol–water partition coefficient (Wildman–Crippen LogP) is 2.13. The van der Waals surface area contributed by atoms with Crippen molar-refractivity contribution >= 4 is 0 Å². The SMILES string of the molecule is COc1cc(OC)cc(C(C)NCCCCO)c1. The van der Waals surface area contributed by atoms with Crippen LogP contribution in [0.15, 0.2) is 18.2 Å². The van der Waals surface area contributed by atoms with E-state index in [1.165, 1.54) is 0 Å². The van der Waals surface area contributed by atoms with Gasteiger partial charge in [0.15, 0.2) is 0 Å². The molecule has 1 aromatic rings. The van der Waals surface area contributed by atoms with Gasteiger partial charge in [-0.15, -0.1) is 0 Å². The summed E-state index contributed by atoms with van der Waals surface area (Å²) in [7, 11) is 3.30. The number of rotatable bonds is 8. The van der Waals surface area contributed by atoms with Gasteiger partial charge in [0, 0.05) is 18.7 Å². The fourth-order valence-electron chi connectivity index (χ4n) is 1.75. The molecule has 18 heavy (non-hydrogen) atoms. The van der Waals surface area contributed by atoms with Crippen molar-refractivity contribution in [1.29, 1.82) is 0 Å². The van der Waals surface area contributed by atoms with Crippen LogP contribution in [0.2, 0.25) is 0 Å². The summed E-state index contributed by atoms with van der Waals surface area (Å²) in [6.07, 6.45) is 1.81. The van der Waals surface area contributed by atoms with Gasteiger partial charge in [0.25, 0.3) is 0 Å². The van der Waals surface area contributed by atoms with E-state index in [9.17, 15) is 0 Å². The third-order valence-corrected chi connectivity index (χ3v) is 2.91. The number of aliphatic hydroxyl groups excluding tert-OH is 1. The molecule has 1 atom stereocenters. The van der Waals surface area contributed by atoms with Gasteiger partial charge in [-0.25, -0.2) is 0 Å². The summed E-state index contributed by atoms with van der Waals surface area (Å²) in [5.41, 5.74) is 1.13. The third kappa shape index (κ3) is 4.55. The van der Waals surface area contributed by atoms with Crippen LogP contribution in [0.1, 0.15) is 31.4 Å². The molecule has 102 valence electrons. The third-order valence-electron chi connectivity index (χ3n) is 2.91. The Morgan fingerprint density at radius 3 is 2.22 bits per heavy atom. The van der Waals surface area contributed by atoms with Crippen molar-refractivity contribution in [3.8, 4) is 11.5 Å². The Morgan fingerprint density at radius 2 is 1.72 bits per heavy atom. The minimum absolute atomic E-state index is 0.229. The van der Waals surface area contributed by atoms with Crippen molar-refractivity contribution in [3.63, 3.8) is 0 Å². The number of hydrogen-bond acceptors (Lipinski definition) is 4. The standard InChI is InChI=1S/C14H23NO3/c1-11(15-6-4-5-7-16)12-8-13(17-2)10-14(9-12)18-3/h8-11,15-16H,4-7H2,1-3H3. The van der Waals surface area contributed by atoms with Gasteiger partial charge in [0.05, 0.1) is 14.2 Å². The first-order valence-electron chi connectivity index (χ1n) is 6.28. The van der Waals surface area contributed by atoms with Crippen molar-refractivity contribution in [2.24, 2.45) is 0 Å². The summed E-state index contributed by atoms with van der Waals surface area (Å²) >= 11 is 0. The van der Waals surface area contributed by atoms with Gasteiger partial charge < -0.3 is 19.9 Å². The quantitative estimate of drug-likeness (QED) is 0.697. The highest BCUT2D eigenvalue weighted by Crippen LogP contribution is 2.26. The van der Waals surface area contributed by atoms with Crippen LogP contribution >= 0.6 is 0 Å². The van der Waals surface area contributed by atoms with E-state index < -0.39 is 0 Å². The Kier molecular flexibility index (Phi) is 6.54. The van der Waals surface area contributed by atoms with Crippen molar-refractivity contribution in [2.45, 2.75) is 25.8 Å². The lowest BCUT2D eigenvalue weighted by atomic mass is 10.1. The smallest absolute Gasteiger partial charge is 0.122 e.